The summed E-state index contributed by atoms with van der Waals surface area (Å²) in [7, 11) is 1.55. The van der Waals surface area contributed by atoms with E-state index in [1.165, 1.54) is 6.07 Å². The first-order valence-corrected chi connectivity index (χ1v) is 6.59. The number of nitrogens with one attached hydrogen (secondary N) is 1. The summed E-state index contributed by atoms with van der Waals surface area (Å²) < 4.78 is 5.12. The zero-order valence-electron chi connectivity index (χ0n) is 10.9. The third-order valence-corrected chi connectivity index (χ3v) is 4.14. The maximum absolute atomic E-state index is 12.6. The average Bonchev–Trinajstić information content (AvgIpc) is 3.01. The van der Waals surface area contributed by atoms with Gasteiger partial charge in [-0.2, -0.15) is 0 Å². The number of fused-ring (bicyclic) bond motifs is 1. The summed E-state index contributed by atoms with van der Waals surface area (Å²) in [5.74, 6) is 1.05. The number of phenols is 1. The minimum Gasteiger partial charge on any atom is -0.507 e. The average molecular weight is 262 g/mol. The number of benzene rings is 1. The smallest absolute Gasteiger partial charge is 0.258 e. The van der Waals surface area contributed by atoms with Crippen LogP contribution in [0.15, 0.2) is 18.2 Å². The van der Waals surface area contributed by atoms with Gasteiger partial charge in [-0.3, -0.25) is 4.79 Å². The van der Waals surface area contributed by atoms with Gasteiger partial charge in [-0.05, 0) is 30.5 Å². The lowest BCUT2D eigenvalue weighted by Crippen LogP contribution is -2.39. The topological polar surface area (TPSA) is 61.8 Å². The predicted molar refractivity (Wildman–Crippen MR) is 70.5 cm³/mol. The molecule has 0 saturated carbocycles. The van der Waals surface area contributed by atoms with Crippen molar-refractivity contribution in [3.8, 4) is 11.5 Å². The molecule has 102 valence electrons. The van der Waals surface area contributed by atoms with Gasteiger partial charge in [0.2, 0.25) is 0 Å². The van der Waals surface area contributed by atoms with Gasteiger partial charge in [-0.15, -0.1) is 0 Å². The van der Waals surface area contributed by atoms with E-state index in [1.54, 1.807) is 19.2 Å². The number of nitrogens with zero attached hydrogens (tertiary/aromatic N) is 1. The number of ether oxygens (including phenoxy) is 1. The van der Waals surface area contributed by atoms with Gasteiger partial charge in [0, 0.05) is 25.7 Å². The molecule has 2 saturated heterocycles. The van der Waals surface area contributed by atoms with E-state index in [2.05, 4.69) is 5.32 Å². The molecule has 2 heterocycles. The minimum atomic E-state index is -0.104. The first-order chi connectivity index (χ1) is 9.20. The second kappa shape index (κ2) is 4.74. The first-order valence-electron chi connectivity index (χ1n) is 6.59. The highest BCUT2D eigenvalue weighted by Crippen LogP contribution is 2.31. The molecule has 1 aromatic carbocycles. The van der Waals surface area contributed by atoms with Gasteiger partial charge in [0.25, 0.3) is 5.91 Å². The lowest BCUT2D eigenvalue weighted by Gasteiger charge is -2.24. The lowest BCUT2D eigenvalue weighted by molar-refractivity contribution is 0.0733. The van der Waals surface area contributed by atoms with Gasteiger partial charge in [-0.1, -0.05) is 0 Å². The maximum Gasteiger partial charge on any atom is 0.258 e. The van der Waals surface area contributed by atoms with Crippen LogP contribution in [0.3, 0.4) is 0 Å². The molecule has 0 aliphatic carbocycles. The molecular weight excluding hydrogens is 244 g/mol. The van der Waals surface area contributed by atoms with Crippen molar-refractivity contribution in [2.24, 2.45) is 5.92 Å². The molecule has 0 radical (unpaired) electrons. The van der Waals surface area contributed by atoms with Crippen LogP contribution in [0.25, 0.3) is 0 Å². The van der Waals surface area contributed by atoms with E-state index < -0.39 is 0 Å². The van der Waals surface area contributed by atoms with Crippen molar-refractivity contribution >= 4 is 5.91 Å². The molecule has 2 aliphatic rings. The zero-order chi connectivity index (χ0) is 13.4. The molecule has 5 heteroatoms. The highest BCUT2D eigenvalue weighted by molar-refractivity contribution is 5.97. The summed E-state index contributed by atoms with van der Waals surface area (Å²) in [6.07, 6.45) is 1.04. The molecule has 2 N–H and O–H groups in total. The molecule has 1 amide bonds. The molecule has 19 heavy (non-hydrogen) atoms. The summed E-state index contributed by atoms with van der Waals surface area (Å²) in [6, 6.07) is 5.02. The summed E-state index contributed by atoms with van der Waals surface area (Å²) in [5, 5.41) is 13.2. The van der Waals surface area contributed by atoms with E-state index >= 15 is 0 Å². The second-order valence-electron chi connectivity index (χ2n) is 5.16. The largest absolute Gasteiger partial charge is 0.507 e. The first kappa shape index (κ1) is 12.3. The predicted octanol–water partition coefficient (Wildman–Crippen LogP) is 0.835. The Bertz CT molecular complexity index is 503. The number of carbonyl (C=O) groups is 1. The van der Waals surface area contributed by atoms with Crippen LogP contribution in [0, 0.1) is 5.92 Å². The van der Waals surface area contributed by atoms with E-state index in [4.69, 9.17) is 4.74 Å². The molecule has 2 aliphatic heterocycles. The monoisotopic (exact) mass is 262 g/mol. The van der Waals surface area contributed by atoms with E-state index in [0.29, 0.717) is 17.2 Å². The van der Waals surface area contributed by atoms with Crippen molar-refractivity contribution in [1.82, 2.24) is 10.2 Å². The Morgan fingerprint density at radius 2 is 2.32 bits per heavy atom. The number of rotatable bonds is 2. The molecule has 0 unspecified atom stereocenters. The fourth-order valence-corrected chi connectivity index (χ4v) is 3.07. The van der Waals surface area contributed by atoms with E-state index in [1.807, 2.05) is 4.90 Å². The normalized spacial score (nSPS) is 25.4. The Hall–Kier alpha value is -1.75. The summed E-state index contributed by atoms with van der Waals surface area (Å²) >= 11 is 0. The molecule has 5 nitrogen and oxygen atoms in total. The zero-order valence-corrected chi connectivity index (χ0v) is 10.9. The summed E-state index contributed by atoms with van der Waals surface area (Å²) in [4.78, 5) is 14.4. The molecule has 3 rings (SSSR count). The van der Waals surface area contributed by atoms with Crippen LogP contribution in [0.2, 0.25) is 0 Å². The van der Waals surface area contributed by atoms with Gasteiger partial charge < -0.3 is 20.1 Å². The van der Waals surface area contributed by atoms with Gasteiger partial charge in [0.1, 0.15) is 11.5 Å². The Balaban J connectivity index is 1.87. The van der Waals surface area contributed by atoms with Crippen LogP contribution < -0.4 is 10.1 Å². The molecule has 0 spiro atoms. The number of amides is 1. The van der Waals surface area contributed by atoms with Gasteiger partial charge in [-0.25, -0.2) is 0 Å². The Labute approximate surface area is 112 Å². The van der Waals surface area contributed by atoms with Crippen molar-refractivity contribution < 1.29 is 14.6 Å². The van der Waals surface area contributed by atoms with Crippen molar-refractivity contribution in [3.63, 3.8) is 0 Å². The van der Waals surface area contributed by atoms with E-state index in [0.717, 1.165) is 26.1 Å². The minimum absolute atomic E-state index is 0.0141. The molecule has 2 atom stereocenters. The number of hydrogen-bond acceptors (Lipinski definition) is 4. The molecule has 1 aromatic rings. The molecular formula is C14H18N2O3. The molecule has 0 aromatic heterocycles. The standard InChI is InChI=1S/C14H18N2O3/c1-19-10-2-3-13(17)11(6-10)14(18)16-5-4-9-7-15-8-12(9)16/h2-3,6,9,12,15,17H,4-5,7-8H2,1H3/t9-,12+/m0/s1. The van der Waals surface area contributed by atoms with Crippen molar-refractivity contribution in [2.45, 2.75) is 12.5 Å². The second-order valence-corrected chi connectivity index (χ2v) is 5.16. The third-order valence-electron chi connectivity index (χ3n) is 4.14. The lowest BCUT2D eigenvalue weighted by atomic mass is 10.0. The maximum atomic E-state index is 12.6. The fourth-order valence-electron chi connectivity index (χ4n) is 3.07. The number of likely N-dealkylation sites (tertiary alicyclic amines) is 1. The quantitative estimate of drug-likeness (QED) is 0.829. The van der Waals surface area contributed by atoms with Crippen molar-refractivity contribution in [2.75, 3.05) is 26.7 Å². The van der Waals surface area contributed by atoms with Crippen LogP contribution >= 0.6 is 0 Å². The summed E-state index contributed by atoms with van der Waals surface area (Å²) in [5.41, 5.74) is 0.326. The Kier molecular flexibility index (Phi) is 3.06. The molecule has 0 bridgehead atoms. The van der Waals surface area contributed by atoms with Crippen LogP contribution in [-0.2, 0) is 0 Å². The van der Waals surface area contributed by atoms with Gasteiger partial charge in [0.15, 0.2) is 0 Å². The van der Waals surface area contributed by atoms with Crippen molar-refractivity contribution in [1.29, 1.82) is 0 Å². The highest BCUT2D eigenvalue weighted by Gasteiger charge is 2.40. The van der Waals surface area contributed by atoms with E-state index in [9.17, 15) is 9.90 Å². The Morgan fingerprint density at radius 3 is 3.11 bits per heavy atom. The number of phenolic OH excluding ortho intramolecular Hbond substituents is 1. The van der Waals surface area contributed by atoms with Gasteiger partial charge >= 0.3 is 0 Å². The van der Waals surface area contributed by atoms with Crippen LogP contribution in [0.5, 0.6) is 11.5 Å². The fraction of sp³-hybridized carbons (Fsp3) is 0.500. The van der Waals surface area contributed by atoms with Gasteiger partial charge in [0.05, 0.1) is 12.7 Å². The number of carbonyl (C=O) groups excluding carboxylic acids is 1. The third kappa shape index (κ3) is 2.04. The van der Waals surface area contributed by atoms with Crippen molar-refractivity contribution in [3.05, 3.63) is 23.8 Å². The summed E-state index contributed by atoms with van der Waals surface area (Å²) in [6.45, 7) is 2.60. The van der Waals surface area contributed by atoms with Crippen LogP contribution in [-0.4, -0.2) is 48.7 Å². The number of aromatic hydroxyl groups is 1. The van der Waals surface area contributed by atoms with Crippen LogP contribution in [0.1, 0.15) is 16.8 Å². The molecule has 2 fully saturated rings. The SMILES string of the molecule is COc1ccc(O)c(C(=O)N2CC[C@H]3CNC[C@H]32)c1. The highest BCUT2D eigenvalue weighted by atomic mass is 16.5. The Morgan fingerprint density at radius 1 is 1.47 bits per heavy atom. The van der Waals surface area contributed by atoms with Crippen LogP contribution in [0.4, 0.5) is 0 Å². The number of hydrogen-bond donors (Lipinski definition) is 2. The number of methoxy groups -OCH3 is 1. The van der Waals surface area contributed by atoms with E-state index in [-0.39, 0.29) is 17.7 Å².